The minimum Gasteiger partial charge on any atom is -0.479 e. The first-order valence-electron chi connectivity index (χ1n) is 10.1. The standard InChI is InChI=1S/C25H21FN2O4/c1-2-32-23(29)21-25(24(30)31,18-11-7-4-8-12-18)27-22(17-9-5-3-6-10-17)28(21)20-15-13-19(26)14-16-20/h3-16,21H,2H2,1H3,(H,30,31)/t21-,25-/m1/s1. The Morgan fingerprint density at radius 1 is 1.00 bits per heavy atom. The number of aliphatic imine (C=N–C) groups is 1. The number of carbonyl (C=O) groups is 2. The molecule has 1 N–H and O–H groups in total. The van der Waals surface area contributed by atoms with Crippen LogP contribution in [-0.4, -0.2) is 35.5 Å². The van der Waals surface area contributed by atoms with Gasteiger partial charge in [-0.05, 0) is 36.8 Å². The lowest BCUT2D eigenvalue weighted by molar-refractivity contribution is -0.154. The topological polar surface area (TPSA) is 79.2 Å². The molecule has 0 fully saturated rings. The Labute approximate surface area is 184 Å². The van der Waals surface area contributed by atoms with E-state index in [1.165, 1.54) is 29.2 Å². The lowest BCUT2D eigenvalue weighted by Crippen LogP contribution is -2.55. The first-order chi connectivity index (χ1) is 15.5. The first-order valence-corrected chi connectivity index (χ1v) is 10.1. The summed E-state index contributed by atoms with van der Waals surface area (Å²) in [4.78, 5) is 32.3. The van der Waals surface area contributed by atoms with E-state index in [2.05, 4.69) is 4.99 Å². The van der Waals surface area contributed by atoms with E-state index >= 15 is 0 Å². The van der Waals surface area contributed by atoms with Crippen molar-refractivity contribution in [3.05, 3.63) is 102 Å². The van der Waals surface area contributed by atoms with Gasteiger partial charge in [-0.3, -0.25) is 0 Å². The van der Waals surface area contributed by atoms with Crippen molar-refractivity contribution < 1.29 is 23.8 Å². The molecule has 6 nitrogen and oxygen atoms in total. The average Bonchev–Trinajstić information content (AvgIpc) is 3.18. The van der Waals surface area contributed by atoms with Crippen LogP contribution in [0, 0.1) is 5.82 Å². The van der Waals surface area contributed by atoms with Gasteiger partial charge >= 0.3 is 11.9 Å². The van der Waals surface area contributed by atoms with Crippen molar-refractivity contribution in [3.8, 4) is 0 Å². The molecule has 0 aliphatic carbocycles. The zero-order chi connectivity index (χ0) is 22.7. The lowest BCUT2D eigenvalue weighted by Gasteiger charge is -2.33. The minimum absolute atomic E-state index is 0.0672. The van der Waals surface area contributed by atoms with E-state index in [0.29, 0.717) is 16.8 Å². The quantitative estimate of drug-likeness (QED) is 0.596. The van der Waals surface area contributed by atoms with Crippen LogP contribution in [-0.2, 0) is 19.9 Å². The van der Waals surface area contributed by atoms with Crippen LogP contribution in [0.3, 0.4) is 0 Å². The summed E-state index contributed by atoms with van der Waals surface area (Å²) in [6.45, 7) is 1.72. The highest BCUT2D eigenvalue weighted by molar-refractivity contribution is 6.18. The maximum atomic E-state index is 13.7. The van der Waals surface area contributed by atoms with E-state index in [9.17, 15) is 19.1 Å². The third-order valence-electron chi connectivity index (χ3n) is 5.35. The number of halogens is 1. The number of benzene rings is 3. The number of hydrogen-bond acceptors (Lipinski definition) is 5. The third kappa shape index (κ3) is 3.51. The van der Waals surface area contributed by atoms with E-state index in [0.717, 1.165) is 0 Å². The van der Waals surface area contributed by atoms with E-state index in [4.69, 9.17) is 4.74 Å². The largest absolute Gasteiger partial charge is 0.479 e. The molecule has 3 aromatic carbocycles. The van der Waals surface area contributed by atoms with Crippen LogP contribution in [0.25, 0.3) is 0 Å². The van der Waals surface area contributed by atoms with Crippen LogP contribution in [0.5, 0.6) is 0 Å². The molecule has 1 aliphatic rings. The molecule has 2 atom stereocenters. The van der Waals surface area contributed by atoms with Crippen molar-refractivity contribution in [2.75, 3.05) is 11.5 Å². The minimum atomic E-state index is -1.97. The highest BCUT2D eigenvalue weighted by atomic mass is 19.1. The predicted molar refractivity (Wildman–Crippen MR) is 118 cm³/mol. The van der Waals surface area contributed by atoms with Crippen LogP contribution in [0.1, 0.15) is 18.1 Å². The Morgan fingerprint density at radius 3 is 2.16 bits per heavy atom. The summed E-state index contributed by atoms with van der Waals surface area (Å²) >= 11 is 0. The van der Waals surface area contributed by atoms with E-state index in [-0.39, 0.29) is 12.4 Å². The number of nitrogens with zero attached hydrogens (tertiary/aromatic N) is 2. The van der Waals surface area contributed by atoms with E-state index < -0.39 is 29.3 Å². The number of rotatable bonds is 6. The number of esters is 1. The molecule has 0 spiro atoms. The number of carbonyl (C=O) groups excluding carboxylic acids is 1. The van der Waals surface area contributed by atoms with Crippen LogP contribution in [0.2, 0.25) is 0 Å². The van der Waals surface area contributed by atoms with Gasteiger partial charge in [-0.25, -0.2) is 19.0 Å². The summed E-state index contributed by atoms with van der Waals surface area (Å²) in [5.74, 6) is -2.20. The number of aliphatic carboxylic acids is 1. The number of carboxylic acid groups (broad SMARTS) is 1. The Morgan fingerprint density at radius 2 is 1.59 bits per heavy atom. The van der Waals surface area contributed by atoms with Gasteiger partial charge < -0.3 is 14.7 Å². The molecule has 0 bridgehead atoms. The van der Waals surface area contributed by atoms with Crippen LogP contribution >= 0.6 is 0 Å². The number of carboxylic acids is 1. The molecule has 0 aromatic heterocycles. The number of hydrogen-bond donors (Lipinski definition) is 1. The molecule has 0 saturated carbocycles. The van der Waals surface area contributed by atoms with Crippen LogP contribution < -0.4 is 4.90 Å². The third-order valence-corrected chi connectivity index (χ3v) is 5.35. The normalized spacial score (nSPS) is 20.0. The van der Waals surface area contributed by atoms with Crippen molar-refractivity contribution >= 4 is 23.5 Å². The molecule has 0 saturated heterocycles. The van der Waals surface area contributed by atoms with Crippen LogP contribution in [0.15, 0.2) is 89.9 Å². The van der Waals surface area contributed by atoms with E-state index in [1.807, 2.05) is 6.07 Å². The SMILES string of the molecule is CCOC(=O)[C@H]1N(c2ccc(F)cc2)C(c2ccccc2)=N[C@]1(C(=O)O)c1ccccc1. The zero-order valence-electron chi connectivity index (χ0n) is 17.3. The summed E-state index contributed by atoms with van der Waals surface area (Å²) in [6.07, 6.45) is 0. The molecular weight excluding hydrogens is 411 g/mol. The van der Waals surface area contributed by atoms with Crippen LogP contribution in [0.4, 0.5) is 10.1 Å². The van der Waals surface area contributed by atoms with Crippen molar-refractivity contribution in [1.82, 2.24) is 0 Å². The maximum Gasteiger partial charge on any atom is 0.339 e. The predicted octanol–water partition coefficient (Wildman–Crippen LogP) is 4.00. The van der Waals surface area contributed by atoms with Gasteiger partial charge in [0.05, 0.1) is 6.61 Å². The van der Waals surface area contributed by atoms with Gasteiger partial charge in [0.1, 0.15) is 11.7 Å². The molecule has 32 heavy (non-hydrogen) atoms. The highest BCUT2D eigenvalue weighted by Crippen LogP contribution is 2.43. The Hall–Kier alpha value is -4.00. The molecule has 7 heteroatoms. The van der Waals surface area contributed by atoms with Gasteiger partial charge in [-0.1, -0.05) is 60.7 Å². The van der Waals surface area contributed by atoms with Crippen molar-refractivity contribution in [3.63, 3.8) is 0 Å². The second-order valence-corrected chi connectivity index (χ2v) is 7.24. The fourth-order valence-electron chi connectivity index (χ4n) is 3.96. The number of anilines is 1. The Balaban J connectivity index is 2.03. The molecular formula is C25H21FN2O4. The van der Waals surface area contributed by atoms with Gasteiger partial charge in [-0.15, -0.1) is 0 Å². The number of amidine groups is 1. The molecule has 4 rings (SSSR count). The smallest absolute Gasteiger partial charge is 0.339 e. The lowest BCUT2D eigenvalue weighted by atomic mass is 9.83. The molecule has 3 aromatic rings. The van der Waals surface area contributed by atoms with E-state index in [1.54, 1.807) is 61.5 Å². The van der Waals surface area contributed by atoms with Crippen molar-refractivity contribution in [2.45, 2.75) is 18.5 Å². The molecule has 1 aliphatic heterocycles. The van der Waals surface area contributed by atoms with Crippen molar-refractivity contribution in [2.24, 2.45) is 4.99 Å². The Bertz CT molecular complexity index is 1150. The molecule has 0 unspecified atom stereocenters. The summed E-state index contributed by atoms with van der Waals surface area (Å²) in [7, 11) is 0. The fourth-order valence-corrected chi connectivity index (χ4v) is 3.96. The van der Waals surface area contributed by atoms with Gasteiger partial charge in [0.25, 0.3) is 0 Å². The average molecular weight is 432 g/mol. The fraction of sp³-hybridized carbons (Fsp3) is 0.160. The first kappa shape index (κ1) is 21.2. The van der Waals surface area contributed by atoms with Gasteiger partial charge in [0.15, 0.2) is 6.04 Å². The zero-order valence-corrected chi connectivity index (χ0v) is 17.3. The monoisotopic (exact) mass is 432 g/mol. The van der Waals surface area contributed by atoms with Crippen molar-refractivity contribution in [1.29, 1.82) is 0 Å². The molecule has 0 radical (unpaired) electrons. The number of ether oxygens (including phenoxy) is 1. The highest BCUT2D eigenvalue weighted by Gasteiger charge is 2.60. The summed E-state index contributed by atoms with van der Waals surface area (Å²) in [5, 5.41) is 10.5. The summed E-state index contributed by atoms with van der Waals surface area (Å²) < 4.78 is 19.0. The molecule has 162 valence electrons. The summed E-state index contributed by atoms with van der Waals surface area (Å²) in [5.41, 5.74) is -0.590. The molecule has 0 amide bonds. The maximum absolute atomic E-state index is 13.7. The molecule has 1 heterocycles. The summed E-state index contributed by atoms with van der Waals surface area (Å²) in [6, 6.07) is 21.5. The second kappa shape index (κ2) is 8.63. The van der Waals surface area contributed by atoms with Gasteiger partial charge in [-0.2, -0.15) is 0 Å². The Kier molecular flexibility index (Phi) is 5.73. The van der Waals surface area contributed by atoms with Gasteiger partial charge in [0, 0.05) is 11.3 Å². The van der Waals surface area contributed by atoms with Gasteiger partial charge in [0.2, 0.25) is 5.54 Å². The second-order valence-electron chi connectivity index (χ2n) is 7.24.